The number of rotatable bonds is 3. The molecule has 1 aliphatic heterocycles. The molecule has 1 saturated heterocycles. The molecule has 0 N–H and O–H groups in total. The largest absolute Gasteiger partial charge is 0.384 e. The summed E-state index contributed by atoms with van der Waals surface area (Å²) in [4.78, 5) is 10.4. The van der Waals surface area contributed by atoms with Crippen molar-refractivity contribution in [3.63, 3.8) is 0 Å². The first-order valence-electron chi connectivity index (χ1n) is 5.01. The van der Waals surface area contributed by atoms with Gasteiger partial charge in [-0.1, -0.05) is 11.6 Å². The van der Waals surface area contributed by atoms with Crippen LogP contribution in [0.3, 0.4) is 0 Å². The van der Waals surface area contributed by atoms with Gasteiger partial charge in [0.25, 0.3) is 0 Å². The third-order valence-corrected chi connectivity index (χ3v) is 2.89. The van der Waals surface area contributed by atoms with Crippen LogP contribution < -0.4 is 4.90 Å². The van der Waals surface area contributed by atoms with Gasteiger partial charge in [-0.25, -0.2) is 9.97 Å². The lowest BCUT2D eigenvalue weighted by molar-refractivity contribution is 0.161. The number of hydrogen-bond acceptors (Lipinski definition) is 4. The fraction of sp³-hybridized carbons (Fsp3) is 0.600. The third kappa shape index (κ3) is 2.38. The van der Waals surface area contributed by atoms with Gasteiger partial charge in [0.15, 0.2) is 11.0 Å². The standard InChI is InChI=1S/C10H14ClN3O/c1-15-7-8-2-5-14(6-8)10-9(11)12-3-4-13-10/h3-4,8H,2,5-7H2,1H3/t8-/m0/s1. The van der Waals surface area contributed by atoms with Gasteiger partial charge in [0, 0.05) is 38.5 Å². The predicted octanol–water partition coefficient (Wildman–Crippen LogP) is 1.60. The second kappa shape index (κ2) is 4.77. The minimum absolute atomic E-state index is 0.482. The van der Waals surface area contributed by atoms with Crippen molar-refractivity contribution in [2.45, 2.75) is 6.42 Å². The zero-order chi connectivity index (χ0) is 10.7. The van der Waals surface area contributed by atoms with Crippen LogP contribution in [0, 0.1) is 5.92 Å². The third-order valence-electron chi connectivity index (χ3n) is 2.62. The number of halogens is 1. The van der Waals surface area contributed by atoms with Crippen molar-refractivity contribution in [1.29, 1.82) is 0 Å². The Hall–Kier alpha value is -0.870. The van der Waals surface area contributed by atoms with Crippen LogP contribution in [-0.2, 0) is 4.74 Å². The Morgan fingerprint density at radius 2 is 2.33 bits per heavy atom. The SMILES string of the molecule is COC[C@H]1CCN(c2nccnc2Cl)C1. The molecular formula is C10H14ClN3O. The summed E-state index contributed by atoms with van der Waals surface area (Å²) < 4.78 is 5.14. The summed E-state index contributed by atoms with van der Waals surface area (Å²) >= 11 is 5.98. The van der Waals surface area contributed by atoms with E-state index in [9.17, 15) is 0 Å². The smallest absolute Gasteiger partial charge is 0.171 e. The highest BCUT2D eigenvalue weighted by Crippen LogP contribution is 2.26. The molecule has 0 aliphatic carbocycles. The molecule has 1 aromatic heterocycles. The van der Waals surface area contributed by atoms with E-state index in [-0.39, 0.29) is 0 Å². The van der Waals surface area contributed by atoms with E-state index < -0.39 is 0 Å². The number of ether oxygens (including phenoxy) is 1. The quantitative estimate of drug-likeness (QED) is 0.786. The first-order valence-corrected chi connectivity index (χ1v) is 5.39. The molecule has 2 rings (SSSR count). The maximum Gasteiger partial charge on any atom is 0.171 e. The van der Waals surface area contributed by atoms with Crippen molar-refractivity contribution in [2.24, 2.45) is 5.92 Å². The van der Waals surface area contributed by atoms with Crippen LogP contribution in [0.4, 0.5) is 5.82 Å². The van der Waals surface area contributed by atoms with Crippen LogP contribution in [0.15, 0.2) is 12.4 Å². The molecule has 1 atom stereocenters. The van der Waals surface area contributed by atoms with E-state index in [4.69, 9.17) is 16.3 Å². The molecule has 1 aromatic rings. The molecule has 0 amide bonds. The lowest BCUT2D eigenvalue weighted by Crippen LogP contribution is -2.22. The zero-order valence-corrected chi connectivity index (χ0v) is 9.44. The van der Waals surface area contributed by atoms with E-state index in [1.165, 1.54) is 0 Å². The van der Waals surface area contributed by atoms with Gasteiger partial charge in [-0.2, -0.15) is 0 Å². The maximum absolute atomic E-state index is 5.98. The van der Waals surface area contributed by atoms with Gasteiger partial charge in [-0.15, -0.1) is 0 Å². The predicted molar refractivity (Wildman–Crippen MR) is 59.2 cm³/mol. The number of aromatic nitrogens is 2. The van der Waals surface area contributed by atoms with Crippen molar-refractivity contribution in [2.75, 3.05) is 31.7 Å². The molecule has 2 heterocycles. The van der Waals surface area contributed by atoms with Crippen LogP contribution in [-0.4, -0.2) is 36.8 Å². The molecule has 0 saturated carbocycles. The molecule has 15 heavy (non-hydrogen) atoms. The van der Waals surface area contributed by atoms with Gasteiger partial charge in [-0.05, 0) is 6.42 Å². The highest BCUT2D eigenvalue weighted by molar-refractivity contribution is 6.31. The molecule has 4 nitrogen and oxygen atoms in total. The van der Waals surface area contributed by atoms with Crippen LogP contribution >= 0.6 is 11.6 Å². The molecule has 0 unspecified atom stereocenters. The molecule has 5 heteroatoms. The summed E-state index contributed by atoms with van der Waals surface area (Å²) in [6.07, 6.45) is 4.40. The Bertz CT molecular complexity index is 334. The van der Waals surface area contributed by atoms with Crippen molar-refractivity contribution in [1.82, 2.24) is 9.97 Å². The fourth-order valence-electron chi connectivity index (χ4n) is 1.92. The summed E-state index contributed by atoms with van der Waals surface area (Å²) in [6.45, 7) is 2.73. The second-order valence-corrected chi connectivity index (χ2v) is 4.08. The molecule has 0 aromatic carbocycles. The molecule has 0 bridgehead atoms. The minimum Gasteiger partial charge on any atom is -0.384 e. The minimum atomic E-state index is 0.482. The van der Waals surface area contributed by atoms with E-state index in [1.807, 2.05) is 0 Å². The summed E-state index contributed by atoms with van der Waals surface area (Å²) in [6, 6.07) is 0. The van der Waals surface area contributed by atoms with Crippen molar-refractivity contribution >= 4 is 17.4 Å². The van der Waals surface area contributed by atoms with Gasteiger partial charge in [0.2, 0.25) is 0 Å². The Kier molecular flexibility index (Phi) is 3.38. The number of methoxy groups -OCH3 is 1. The monoisotopic (exact) mass is 227 g/mol. The van der Waals surface area contributed by atoms with E-state index in [1.54, 1.807) is 19.5 Å². The highest BCUT2D eigenvalue weighted by atomic mass is 35.5. The molecular weight excluding hydrogens is 214 g/mol. The molecule has 1 fully saturated rings. The van der Waals surface area contributed by atoms with Gasteiger partial charge in [0.1, 0.15) is 0 Å². The lowest BCUT2D eigenvalue weighted by atomic mass is 10.1. The van der Waals surface area contributed by atoms with Gasteiger partial charge >= 0.3 is 0 Å². The summed E-state index contributed by atoms with van der Waals surface area (Å²) in [5.41, 5.74) is 0. The number of nitrogens with zero attached hydrogens (tertiary/aromatic N) is 3. The lowest BCUT2D eigenvalue weighted by Gasteiger charge is -2.17. The Balaban J connectivity index is 2.04. The van der Waals surface area contributed by atoms with Crippen LogP contribution in [0.2, 0.25) is 5.15 Å². The number of hydrogen-bond donors (Lipinski definition) is 0. The Morgan fingerprint density at radius 3 is 3.07 bits per heavy atom. The van der Waals surface area contributed by atoms with E-state index >= 15 is 0 Å². The number of anilines is 1. The fourth-order valence-corrected chi connectivity index (χ4v) is 2.15. The van der Waals surface area contributed by atoms with Crippen molar-refractivity contribution < 1.29 is 4.74 Å². The Labute approximate surface area is 94.2 Å². The summed E-state index contributed by atoms with van der Waals surface area (Å²) in [5.74, 6) is 1.37. The first-order chi connectivity index (χ1) is 7.31. The maximum atomic E-state index is 5.98. The van der Waals surface area contributed by atoms with E-state index in [0.717, 1.165) is 31.9 Å². The van der Waals surface area contributed by atoms with E-state index in [2.05, 4.69) is 14.9 Å². The van der Waals surface area contributed by atoms with Crippen molar-refractivity contribution in [3.8, 4) is 0 Å². The second-order valence-electron chi connectivity index (χ2n) is 3.73. The van der Waals surface area contributed by atoms with Crippen LogP contribution in [0.1, 0.15) is 6.42 Å². The molecule has 0 spiro atoms. The topological polar surface area (TPSA) is 38.2 Å². The zero-order valence-electron chi connectivity index (χ0n) is 8.69. The average molecular weight is 228 g/mol. The Morgan fingerprint density at radius 1 is 1.53 bits per heavy atom. The normalized spacial score (nSPS) is 20.9. The molecule has 0 radical (unpaired) electrons. The summed E-state index contributed by atoms with van der Waals surface area (Å²) in [7, 11) is 1.73. The van der Waals surface area contributed by atoms with Gasteiger partial charge in [0.05, 0.1) is 6.61 Å². The molecule has 82 valence electrons. The molecule has 1 aliphatic rings. The van der Waals surface area contributed by atoms with Gasteiger partial charge in [-0.3, -0.25) is 0 Å². The van der Waals surface area contributed by atoms with E-state index in [0.29, 0.717) is 11.1 Å². The van der Waals surface area contributed by atoms with Crippen LogP contribution in [0.25, 0.3) is 0 Å². The van der Waals surface area contributed by atoms with Gasteiger partial charge < -0.3 is 9.64 Å². The van der Waals surface area contributed by atoms with Crippen LogP contribution in [0.5, 0.6) is 0 Å². The highest BCUT2D eigenvalue weighted by Gasteiger charge is 2.24. The average Bonchev–Trinajstić information content (AvgIpc) is 2.68. The first kappa shape index (κ1) is 10.6. The van der Waals surface area contributed by atoms with Crippen molar-refractivity contribution in [3.05, 3.63) is 17.5 Å². The summed E-state index contributed by atoms with van der Waals surface area (Å²) in [5, 5.41) is 0.482.